The number of halogens is 2. The van der Waals surface area contributed by atoms with Crippen LogP contribution in [0, 0.1) is 6.92 Å². The van der Waals surface area contributed by atoms with Gasteiger partial charge in [0.15, 0.2) is 0 Å². The smallest absolute Gasteiger partial charge is 0.0732 e. The molecule has 0 amide bonds. The van der Waals surface area contributed by atoms with Gasteiger partial charge in [0.25, 0.3) is 0 Å². The number of nitrogens with one attached hydrogen (secondary N) is 2. The molecule has 2 heterocycles. The molecule has 0 spiro atoms. The van der Waals surface area contributed by atoms with Crippen LogP contribution >= 0.6 is 24.0 Å². The number of aromatic amines is 1. The summed E-state index contributed by atoms with van der Waals surface area (Å²) in [4.78, 5) is 3.59. The maximum atomic E-state index is 6.16. The predicted molar refractivity (Wildman–Crippen MR) is 95.3 cm³/mol. The van der Waals surface area contributed by atoms with Crippen molar-refractivity contribution in [3.63, 3.8) is 0 Å². The van der Waals surface area contributed by atoms with Gasteiger partial charge in [-0.15, -0.1) is 12.4 Å². The Labute approximate surface area is 141 Å². The summed E-state index contributed by atoms with van der Waals surface area (Å²) in [6.45, 7) is 3.11. The van der Waals surface area contributed by atoms with Crippen molar-refractivity contribution in [2.24, 2.45) is 0 Å². The lowest BCUT2D eigenvalue weighted by Crippen LogP contribution is -2.30. The van der Waals surface area contributed by atoms with Gasteiger partial charge in [-0.3, -0.25) is 0 Å². The van der Waals surface area contributed by atoms with Crippen LogP contribution in [-0.2, 0) is 6.42 Å². The number of benzene rings is 2. The Balaban J connectivity index is 0.00000144. The second-order valence-corrected chi connectivity index (χ2v) is 6.19. The van der Waals surface area contributed by atoms with Crippen LogP contribution in [-0.4, -0.2) is 11.5 Å². The van der Waals surface area contributed by atoms with Crippen LogP contribution in [0.1, 0.15) is 28.4 Å². The SMILES string of the molecule is Cc1ccc(C2NCCc3c2[nH]c2ccc(Cl)cc32)cc1.Cl. The summed E-state index contributed by atoms with van der Waals surface area (Å²) in [5.41, 5.74) is 6.45. The molecule has 1 aliphatic heterocycles. The molecule has 2 N–H and O–H groups in total. The molecule has 0 aliphatic carbocycles. The number of hydrogen-bond donors (Lipinski definition) is 2. The zero-order valence-electron chi connectivity index (χ0n) is 12.3. The number of aryl methyl sites for hydroxylation is 1. The van der Waals surface area contributed by atoms with Crippen LogP contribution in [0.4, 0.5) is 0 Å². The maximum Gasteiger partial charge on any atom is 0.0732 e. The molecule has 0 radical (unpaired) electrons. The molecule has 1 unspecified atom stereocenters. The summed E-state index contributed by atoms with van der Waals surface area (Å²) in [6, 6.07) is 15.1. The van der Waals surface area contributed by atoms with Crippen molar-refractivity contribution in [3.8, 4) is 0 Å². The van der Waals surface area contributed by atoms with Gasteiger partial charge in [-0.1, -0.05) is 41.4 Å². The van der Waals surface area contributed by atoms with Crippen LogP contribution < -0.4 is 5.32 Å². The second-order valence-electron chi connectivity index (χ2n) is 5.75. The minimum atomic E-state index is 0. The molecule has 0 fully saturated rings. The number of aromatic nitrogens is 1. The molecule has 2 aromatic carbocycles. The lowest BCUT2D eigenvalue weighted by Gasteiger charge is -2.25. The minimum absolute atomic E-state index is 0. The van der Waals surface area contributed by atoms with Crippen LogP contribution in [0.3, 0.4) is 0 Å². The molecular weight excluding hydrogens is 315 g/mol. The Morgan fingerprint density at radius 3 is 2.64 bits per heavy atom. The molecule has 0 saturated carbocycles. The summed E-state index contributed by atoms with van der Waals surface area (Å²) >= 11 is 6.16. The summed E-state index contributed by atoms with van der Waals surface area (Å²) in [5, 5.41) is 5.68. The van der Waals surface area contributed by atoms with Crippen molar-refractivity contribution in [2.75, 3.05) is 6.54 Å². The Morgan fingerprint density at radius 2 is 1.86 bits per heavy atom. The first-order chi connectivity index (χ1) is 10.2. The highest BCUT2D eigenvalue weighted by atomic mass is 35.5. The molecule has 0 saturated heterocycles. The Morgan fingerprint density at radius 1 is 1.09 bits per heavy atom. The van der Waals surface area contributed by atoms with Crippen molar-refractivity contribution < 1.29 is 0 Å². The second kappa shape index (κ2) is 5.96. The molecule has 1 aromatic heterocycles. The molecule has 2 nitrogen and oxygen atoms in total. The van der Waals surface area contributed by atoms with E-state index in [0.29, 0.717) is 0 Å². The zero-order chi connectivity index (χ0) is 14.4. The van der Waals surface area contributed by atoms with Gasteiger partial charge in [-0.05, 0) is 42.7 Å². The number of fused-ring (bicyclic) bond motifs is 3. The van der Waals surface area contributed by atoms with Gasteiger partial charge >= 0.3 is 0 Å². The molecule has 1 aliphatic rings. The van der Waals surface area contributed by atoms with Crippen LogP contribution in [0.5, 0.6) is 0 Å². The molecule has 4 rings (SSSR count). The monoisotopic (exact) mass is 332 g/mol. The third kappa shape index (κ3) is 2.52. The van der Waals surface area contributed by atoms with Gasteiger partial charge in [0.05, 0.1) is 6.04 Å². The molecule has 1 atom stereocenters. The van der Waals surface area contributed by atoms with Crippen molar-refractivity contribution in [3.05, 3.63) is 69.9 Å². The van der Waals surface area contributed by atoms with Crippen LogP contribution in [0.15, 0.2) is 42.5 Å². The summed E-state index contributed by atoms with van der Waals surface area (Å²) < 4.78 is 0. The van der Waals surface area contributed by atoms with Gasteiger partial charge in [0, 0.05) is 28.2 Å². The van der Waals surface area contributed by atoms with Crippen molar-refractivity contribution in [1.82, 2.24) is 10.3 Å². The van der Waals surface area contributed by atoms with Crippen molar-refractivity contribution >= 4 is 34.9 Å². The van der Waals surface area contributed by atoms with Crippen LogP contribution in [0.25, 0.3) is 10.9 Å². The van der Waals surface area contributed by atoms with Gasteiger partial charge in [-0.2, -0.15) is 0 Å². The van der Waals surface area contributed by atoms with E-state index in [1.54, 1.807) is 0 Å². The first-order valence-electron chi connectivity index (χ1n) is 7.32. The average molecular weight is 333 g/mol. The van der Waals surface area contributed by atoms with E-state index in [1.165, 1.54) is 33.3 Å². The molecule has 3 aromatic rings. The van der Waals surface area contributed by atoms with E-state index in [0.717, 1.165) is 18.0 Å². The first kappa shape index (κ1) is 15.4. The highest BCUT2D eigenvalue weighted by Crippen LogP contribution is 2.34. The summed E-state index contributed by atoms with van der Waals surface area (Å²) in [5.74, 6) is 0. The third-order valence-corrected chi connectivity index (χ3v) is 4.56. The standard InChI is InChI=1S/C18H17ClN2.ClH/c1-11-2-4-12(5-3-11)17-18-14(8-9-20-17)15-10-13(19)6-7-16(15)21-18;/h2-7,10,17,20-21H,8-9H2,1H3;1H. The van der Waals surface area contributed by atoms with Crippen LogP contribution in [0.2, 0.25) is 5.02 Å². The lowest BCUT2D eigenvalue weighted by atomic mass is 9.94. The fourth-order valence-electron chi connectivity index (χ4n) is 3.24. The number of hydrogen-bond acceptors (Lipinski definition) is 1. The fourth-order valence-corrected chi connectivity index (χ4v) is 3.42. The third-order valence-electron chi connectivity index (χ3n) is 4.32. The van der Waals surface area contributed by atoms with Crippen molar-refractivity contribution in [2.45, 2.75) is 19.4 Å². The Hall–Kier alpha value is -1.48. The van der Waals surface area contributed by atoms with E-state index in [-0.39, 0.29) is 18.4 Å². The Bertz CT molecular complexity index is 806. The maximum absolute atomic E-state index is 6.16. The van der Waals surface area contributed by atoms with E-state index in [9.17, 15) is 0 Å². The molecule has 4 heteroatoms. The molecule has 0 bridgehead atoms. The average Bonchev–Trinajstić information content (AvgIpc) is 2.86. The number of H-pyrrole nitrogens is 1. The fraction of sp³-hybridized carbons (Fsp3) is 0.222. The van der Waals surface area contributed by atoms with E-state index in [1.807, 2.05) is 6.07 Å². The van der Waals surface area contributed by atoms with Gasteiger partial charge in [-0.25, -0.2) is 0 Å². The first-order valence-corrected chi connectivity index (χ1v) is 7.70. The van der Waals surface area contributed by atoms with E-state index in [4.69, 9.17) is 11.6 Å². The Kier molecular flexibility index (Phi) is 4.18. The van der Waals surface area contributed by atoms with E-state index < -0.39 is 0 Å². The van der Waals surface area contributed by atoms with Crippen molar-refractivity contribution in [1.29, 1.82) is 0 Å². The highest BCUT2D eigenvalue weighted by molar-refractivity contribution is 6.31. The zero-order valence-corrected chi connectivity index (χ0v) is 13.9. The van der Waals surface area contributed by atoms with E-state index >= 15 is 0 Å². The lowest BCUT2D eigenvalue weighted by molar-refractivity contribution is 0.560. The highest BCUT2D eigenvalue weighted by Gasteiger charge is 2.25. The summed E-state index contributed by atoms with van der Waals surface area (Å²) in [6.07, 6.45) is 1.04. The van der Waals surface area contributed by atoms with Gasteiger partial charge in [0.1, 0.15) is 0 Å². The molecule has 114 valence electrons. The topological polar surface area (TPSA) is 27.8 Å². The predicted octanol–water partition coefficient (Wildman–Crippen LogP) is 4.79. The largest absolute Gasteiger partial charge is 0.357 e. The molecular formula is C18H18Cl2N2. The van der Waals surface area contributed by atoms with Gasteiger partial charge < -0.3 is 10.3 Å². The van der Waals surface area contributed by atoms with E-state index in [2.05, 4.69) is 53.6 Å². The van der Waals surface area contributed by atoms with Gasteiger partial charge in [0.2, 0.25) is 0 Å². The summed E-state index contributed by atoms with van der Waals surface area (Å²) in [7, 11) is 0. The number of rotatable bonds is 1. The minimum Gasteiger partial charge on any atom is -0.357 e. The quantitative estimate of drug-likeness (QED) is 0.659. The molecule has 22 heavy (non-hydrogen) atoms. The normalized spacial score (nSPS) is 17.1.